The van der Waals surface area contributed by atoms with Gasteiger partial charge in [0, 0.05) is 0 Å². The van der Waals surface area contributed by atoms with Gasteiger partial charge in [0.2, 0.25) is 0 Å². The Kier molecular flexibility index (Phi) is 3.10. The van der Waals surface area contributed by atoms with Crippen LogP contribution in [0, 0.1) is 11.3 Å². The van der Waals surface area contributed by atoms with Gasteiger partial charge in [0.25, 0.3) is 0 Å². The molecule has 0 saturated carbocycles. The Morgan fingerprint density at radius 2 is 2.00 bits per heavy atom. The number of hydrogen-bond acceptors (Lipinski definition) is 3. The Balaban J connectivity index is 2.92. The summed E-state index contributed by atoms with van der Waals surface area (Å²) in [6.07, 6.45) is 0.0827. The summed E-state index contributed by atoms with van der Waals surface area (Å²) in [4.78, 5) is 0. The molecule has 0 aliphatic heterocycles. The molecule has 0 aromatic heterocycles. The van der Waals surface area contributed by atoms with E-state index in [9.17, 15) is 5.11 Å². The first-order valence-corrected chi connectivity index (χ1v) is 4.34. The highest BCUT2D eigenvalue weighted by Gasteiger charge is 2.22. The van der Waals surface area contributed by atoms with E-state index in [-0.39, 0.29) is 6.42 Å². The van der Waals surface area contributed by atoms with Crippen molar-refractivity contribution in [3.63, 3.8) is 0 Å². The minimum Gasteiger partial charge on any atom is -0.497 e. The summed E-state index contributed by atoms with van der Waals surface area (Å²) in [5.41, 5.74) is -0.360. The van der Waals surface area contributed by atoms with Gasteiger partial charge in [-0.3, -0.25) is 0 Å². The minimum absolute atomic E-state index is 0.0827. The lowest BCUT2D eigenvalue weighted by Gasteiger charge is -2.20. The number of aliphatic hydroxyl groups is 1. The molecule has 1 aromatic carbocycles. The molecule has 0 aliphatic carbocycles. The molecule has 0 radical (unpaired) electrons. The summed E-state index contributed by atoms with van der Waals surface area (Å²) in [6.45, 7) is 1.62. The van der Waals surface area contributed by atoms with Crippen molar-refractivity contribution in [2.75, 3.05) is 7.11 Å². The maximum Gasteiger partial charge on any atom is 0.118 e. The molecule has 14 heavy (non-hydrogen) atoms. The molecule has 3 heteroatoms. The third-order valence-corrected chi connectivity index (χ3v) is 2.14. The predicted molar refractivity (Wildman–Crippen MR) is 52.8 cm³/mol. The quantitative estimate of drug-likeness (QED) is 0.792. The van der Waals surface area contributed by atoms with Crippen molar-refractivity contribution in [1.29, 1.82) is 5.26 Å². The first-order valence-electron chi connectivity index (χ1n) is 4.34. The van der Waals surface area contributed by atoms with Crippen molar-refractivity contribution < 1.29 is 9.84 Å². The molecule has 1 atom stereocenters. The zero-order valence-corrected chi connectivity index (χ0v) is 8.32. The largest absolute Gasteiger partial charge is 0.497 e. The Morgan fingerprint density at radius 1 is 1.43 bits per heavy atom. The highest BCUT2D eigenvalue weighted by molar-refractivity contribution is 5.30. The molecule has 0 spiro atoms. The lowest BCUT2D eigenvalue weighted by molar-refractivity contribution is 0.0624. The van der Waals surface area contributed by atoms with E-state index in [0.717, 1.165) is 11.3 Å². The molecule has 0 aliphatic rings. The van der Waals surface area contributed by atoms with E-state index in [1.807, 2.05) is 6.07 Å². The predicted octanol–water partition coefficient (Wildman–Crippen LogP) is 1.82. The molecule has 0 fully saturated rings. The zero-order chi connectivity index (χ0) is 10.6. The zero-order valence-electron chi connectivity index (χ0n) is 8.32. The molecule has 74 valence electrons. The number of hydrogen-bond donors (Lipinski definition) is 1. The fourth-order valence-corrected chi connectivity index (χ4v) is 1.21. The highest BCUT2D eigenvalue weighted by Crippen LogP contribution is 2.25. The van der Waals surface area contributed by atoms with E-state index in [4.69, 9.17) is 10.00 Å². The standard InChI is InChI=1S/C11H13NO2/c1-11(13,7-8-12)9-3-5-10(14-2)6-4-9/h3-6,13H,7H2,1-2H3/t11-/m0/s1. The van der Waals surface area contributed by atoms with Crippen LogP contribution in [0.2, 0.25) is 0 Å². The van der Waals surface area contributed by atoms with Crippen LogP contribution < -0.4 is 4.74 Å². The van der Waals surface area contributed by atoms with Gasteiger partial charge < -0.3 is 9.84 Å². The van der Waals surface area contributed by atoms with Crippen LogP contribution in [0.1, 0.15) is 18.9 Å². The normalized spacial score (nSPS) is 14.1. The van der Waals surface area contributed by atoms with Crippen LogP contribution in [0.15, 0.2) is 24.3 Å². The van der Waals surface area contributed by atoms with Crippen LogP contribution in [-0.4, -0.2) is 12.2 Å². The van der Waals surface area contributed by atoms with Gasteiger partial charge in [0.05, 0.1) is 25.2 Å². The van der Waals surface area contributed by atoms with Crippen molar-refractivity contribution >= 4 is 0 Å². The monoisotopic (exact) mass is 191 g/mol. The Labute approximate surface area is 83.6 Å². The number of benzene rings is 1. The molecule has 0 heterocycles. The van der Waals surface area contributed by atoms with Gasteiger partial charge in [-0.2, -0.15) is 5.26 Å². The van der Waals surface area contributed by atoms with E-state index < -0.39 is 5.60 Å². The second-order valence-corrected chi connectivity index (χ2v) is 3.34. The van der Waals surface area contributed by atoms with E-state index in [0.29, 0.717) is 0 Å². The van der Waals surface area contributed by atoms with Crippen LogP contribution in [0.4, 0.5) is 0 Å². The second kappa shape index (κ2) is 4.12. The lowest BCUT2D eigenvalue weighted by Crippen LogP contribution is -2.19. The van der Waals surface area contributed by atoms with E-state index in [2.05, 4.69) is 0 Å². The Morgan fingerprint density at radius 3 is 2.43 bits per heavy atom. The maximum absolute atomic E-state index is 9.89. The van der Waals surface area contributed by atoms with Gasteiger partial charge in [-0.25, -0.2) is 0 Å². The minimum atomic E-state index is -1.08. The highest BCUT2D eigenvalue weighted by atomic mass is 16.5. The Hall–Kier alpha value is -1.53. The molecule has 3 nitrogen and oxygen atoms in total. The van der Waals surface area contributed by atoms with E-state index in [1.54, 1.807) is 38.3 Å². The van der Waals surface area contributed by atoms with Crippen LogP contribution in [0.3, 0.4) is 0 Å². The third-order valence-electron chi connectivity index (χ3n) is 2.14. The fraction of sp³-hybridized carbons (Fsp3) is 0.364. The van der Waals surface area contributed by atoms with Crippen LogP contribution in [0.25, 0.3) is 0 Å². The van der Waals surface area contributed by atoms with Crippen molar-refractivity contribution in [2.45, 2.75) is 18.9 Å². The number of methoxy groups -OCH3 is 1. The van der Waals surface area contributed by atoms with Gasteiger partial charge >= 0.3 is 0 Å². The summed E-state index contributed by atoms with van der Waals surface area (Å²) in [6, 6.07) is 9.00. The summed E-state index contributed by atoms with van der Waals surface area (Å²) in [5, 5.41) is 18.4. The van der Waals surface area contributed by atoms with E-state index >= 15 is 0 Å². The molecular formula is C11H13NO2. The maximum atomic E-state index is 9.89. The summed E-state index contributed by atoms with van der Waals surface area (Å²) < 4.78 is 5.00. The van der Waals surface area contributed by atoms with Gasteiger partial charge in [-0.05, 0) is 24.6 Å². The molecule has 0 unspecified atom stereocenters. The van der Waals surface area contributed by atoms with Crippen LogP contribution in [-0.2, 0) is 5.60 Å². The van der Waals surface area contributed by atoms with Gasteiger partial charge in [0.15, 0.2) is 0 Å². The van der Waals surface area contributed by atoms with Crippen LogP contribution in [0.5, 0.6) is 5.75 Å². The average Bonchev–Trinajstić information content (AvgIpc) is 2.18. The fourth-order valence-electron chi connectivity index (χ4n) is 1.21. The SMILES string of the molecule is COc1ccc([C@@](C)(O)CC#N)cc1. The molecule has 1 N–H and O–H groups in total. The number of rotatable bonds is 3. The van der Waals surface area contributed by atoms with Crippen molar-refractivity contribution in [3.05, 3.63) is 29.8 Å². The van der Waals surface area contributed by atoms with Crippen molar-refractivity contribution in [3.8, 4) is 11.8 Å². The van der Waals surface area contributed by atoms with Crippen LogP contribution >= 0.6 is 0 Å². The van der Waals surface area contributed by atoms with Gasteiger partial charge in [-0.1, -0.05) is 12.1 Å². The van der Waals surface area contributed by atoms with Gasteiger partial charge in [0.1, 0.15) is 5.75 Å². The molecule has 1 rings (SSSR count). The third kappa shape index (κ3) is 2.24. The average molecular weight is 191 g/mol. The van der Waals surface area contributed by atoms with Crippen molar-refractivity contribution in [1.82, 2.24) is 0 Å². The summed E-state index contributed by atoms with van der Waals surface area (Å²) in [7, 11) is 1.59. The first-order chi connectivity index (χ1) is 6.60. The second-order valence-electron chi connectivity index (χ2n) is 3.34. The number of nitriles is 1. The molecular weight excluding hydrogens is 178 g/mol. The molecule has 0 amide bonds. The smallest absolute Gasteiger partial charge is 0.118 e. The summed E-state index contributed by atoms with van der Waals surface area (Å²) in [5.74, 6) is 0.738. The molecule has 0 bridgehead atoms. The Bertz CT molecular complexity index is 335. The lowest BCUT2D eigenvalue weighted by atomic mass is 9.93. The van der Waals surface area contributed by atoms with E-state index in [1.165, 1.54) is 0 Å². The molecule has 0 saturated heterocycles. The van der Waals surface area contributed by atoms with Gasteiger partial charge in [-0.15, -0.1) is 0 Å². The topological polar surface area (TPSA) is 53.2 Å². The number of ether oxygens (including phenoxy) is 1. The number of nitrogens with zero attached hydrogens (tertiary/aromatic N) is 1. The summed E-state index contributed by atoms with van der Waals surface area (Å²) >= 11 is 0. The molecule has 1 aromatic rings. The first kappa shape index (κ1) is 10.6. The van der Waals surface area contributed by atoms with Crippen molar-refractivity contribution in [2.24, 2.45) is 0 Å².